The van der Waals surface area contributed by atoms with Crippen LogP contribution in [-0.4, -0.2) is 29.6 Å². The van der Waals surface area contributed by atoms with Crippen LogP contribution in [0.2, 0.25) is 0 Å². The fourth-order valence-electron chi connectivity index (χ4n) is 2.44. The Morgan fingerprint density at radius 3 is 2.78 bits per heavy atom. The summed E-state index contributed by atoms with van der Waals surface area (Å²) in [5.74, 6) is 0.408. The van der Waals surface area contributed by atoms with Gasteiger partial charge in [0.15, 0.2) is 0 Å². The molecule has 0 saturated heterocycles. The molecule has 0 aliphatic carbocycles. The maximum Gasteiger partial charge on any atom is 0.339 e. The molecule has 0 unspecified atom stereocenters. The highest BCUT2D eigenvalue weighted by atomic mass is 32.1. The van der Waals surface area contributed by atoms with Crippen LogP contribution in [0.15, 0.2) is 42.0 Å². The van der Waals surface area contributed by atoms with Crippen molar-refractivity contribution in [3.8, 4) is 0 Å². The zero-order valence-corrected chi connectivity index (χ0v) is 13.8. The first kappa shape index (κ1) is 15.4. The standard InChI is InChI=1S/C17H17N3O2S/c1-3-22-17(21)13-10-23-16-14(13)15(18-11-19-16)20(2)9-12-7-5-4-6-8-12/h4-8,10-11H,3,9H2,1-2H3. The number of carbonyl (C=O) groups is 1. The van der Waals surface area contributed by atoms with Gasteiger partial charge in [-0.25, -0.2) is 14.8 Å². The van der Waals surface area contributed by atoms with E-state index in [1.807, 2.05) is 30.1 Å². The van der Waals surface area contributed by atoms with Gasteiger partial charge in [-0.15, -0.1) is 11.3 Å². The Morgan fingerprint density at radius 2 is 2.04 bits per heavy atom. The summed E-state index contributed by atoms with van der Waals surface area (Å²) in [7, 11) is 1.96. The molecule has 0 aliphatic heterocycles. The van der Waals surface area contributed by atoms with Crippen molar-refractivity contribution in [2.45, 2.75) is 13.5 Å². The van der Waals surface area contributed by atoms with E-state index in [2.05, 4.69) is 22.1 Å². The number of hydrogen-bond acceptors (Lipinski definition) is 6. The van der Waals surface area contributed by atoms with Crippen molar-refractivity contribution in [2.75, 3.05) is 18.6 Å². The number of anilines is 1. The third kappa shape index (κ3) is 3.17. The topological polar surface area (TPSA) is 55.3 Å². The van der Waals surface area contributed by atoms with Gasteiger partial charge in [-0.05, 0) is 12.5 Å². The number of ether oxygens (including phenoxy) is 1. The number of fused-ring (bicyclic) bond motifs is 1. The van der Waals surface area contributed by atoms with E-state index in [0.29, 0.717) is 18.7 Å². The molecule has 5 nitrogen and oxygen atoms in total. The Morgan fingerprint density at radius 1 is 1.26 bits per heavy atom. The zero-order valence-electron chi connectivity index (χ0n) is 13.0. The summed E-state index contributed by atoms with van der Waals surface area (Å²) in [6, 6.07) is 10.1. The van der Waals surface area contributed by atoms with E-state index in [1.165, 1.54) is 23.2 Å². The first-order valence-electron chi connectivity index (χ1n) is 7.35. The fraction of sp³-hybridized carbons (Fsp3) is 0.235. The summed E-state index contributed by atoms with van der Waals surface area (Å²) in [5.41, 5.74) is 1.71. The predicted octanol–water partition coefficient (Wildman–Crippen LogP) is 3.50. The molecular weight excluding hydrogens is 310 g/mol. The predicted molar refractivity (Wildman–Crippen MR) is 91.9 cm³/mol. The summed E-state index contributed by atoms with van der Waals surface area (Å²) in [5, 5.41) is 2.55. The smallest absolute Gasteiger partial charge is 0.339 e. The minimum Gasteiger partial charge on any atom is -0.462 e. The molecule has 2 aromatic heterocycles. The van der Waals surface area contributed by atoms with E-state index in [1.54, 1.807) is 12.3 Å². The van der Waals surface area contributed by atoms with E-state index in [4.69, 9.17) is 4.74 Å². The molecule has 0 aliphatic rings. The molecule has 3 rings (SSSR count). The second kappa shape index (κ2) is 6.75. The average molecular weight is 327 g/mol. The zero-order chi connectivity index (χ0) is 16.2. The van der Waals surface area contributed by atoms with Gasteiger partial charge in [-0.1, -0.05) is 30.3 Å². The van der Waals surface area contributed by atoms with Crippen LogP contribution in [0.5, 0.6) is 0 Å². The Hall–Kier alpha value is -2.47. The fourth-order valence-corrected chi connectivity index (χ4v) is 3.31. The van der Waals surface area contributed by atoms with Gasteiger partial charge in [0.25, 0.3) is 0 Å². The van der Waals surface area contributed by atoms with Gasteiger partial charge in [-0.3, -0.25) is 0 Å². The van der Waals surface area contributed by atoms with Crippen LogP contribution in [0.3, 0.4) is 0 Å². The summed E-state index contributed by atoms with van der Waals surface area (Å²) in [4.78, 5) is 23.6. The molecule has 1 aromatic carbocycles. The molecule has 118 valence electrons. The van der Waals surface area contributed by atoms with Crippen LogP contribution in [0, 0.1) is 0 Å². The van der Waals surface area contributed by atoms with Crippen LogP contribution >= 0.6 is 11.3 Å². The summed E-state index contributed by atoms with van der Waals surface area (Å²) in [6.07, 6.45) is 1.53. The van der Waals surface area contributed by atoms with Crippen molar-refractivity contribution in [1.82, 2.24) is 9.97 Å². The van der Waals surface area contributed by atoms with E-state index in [0.717, 1.165) is 16.0 Å². The first-order valence-corrected chi connectivity index (χ1v) is 8.23. The van der Waals surface area contributed by atoms with Crippen LogP contribution in [0.1, 0.15) is 22.8 Å². The average Bonchev–Trinajstić information content (AvgIpc) is 3.00. The Balaban J connectivity index is 1.99. The minimum absolute atomic E-state index is 0.331. The lowest BCUT2D eigenvalue weighted by Crippen LogP contribution is -2.18. The highest BCUT2D eigenvalue weighted by Crippen LogP contribution is 2.31. The second-order valence-corrected chi connectivity index (χ2v) is 5.95. The van der Waals surface area contributed by atoms with Crippen molar-refractivity contribution < 1.29 is 9.53 Å². The molecule has 0 spiro atoms. The summed E-state index contributed by atoms with van der Waals surface area (Å²) in [6.45, 7) is 2.84. The lowest BCUT2D eigenvalue weighted by atomic mass is 10.2. The molecule has 0 saturated carbocycles. The SMILES string of the molecule is CCOC(=O)c1csc2ncnc(N(C)Cc3ccccc3)c12. The molecular formula is C17H17N3O2S. The summed E-state index contributed by atoms with van der Waals surface area (Å²) < 4.78 is 5.14. The monoisotopic (exact) mass is 327 g/mol. The number of benzene rings is 1. The van der Waals surface area contributed by atoms with E-state index in [9.17, 15) is 4.79 Å². The van der Waals surface area contributed by atoms with Gasteiger partial charge in [0.2, 0.25) is 0 Å². The number of hydrogen-bond donors (Lipinski definition) is 0. The van der Waals surface area contributed by atoms with Gasteiger partial charge >= 0.3 is 5.97 Å². The van der Waals surface area contributed by atoms with Crippen LogP contribution in [0.4, 0.5) is 5.82 Å². The number of aromatic nitrogens is 2. The second-order valence-electron chi connectivity index (χ2n) is 5.09. The molecule has 6 heteroatoms. The van der Waals surface area contributed by atoms with Gasteiger partial charge in [0, 0.05) is 19.0 Å². The maximum absolute atomic E-state index is 12.2. The van der Waals surface area contributed by atoms with Gasteiger partial charge in [-0.2, -0.15) is 0 Å². The van der Waals surface area contributed by atoms with E-state index < -0.39 is 0 Å². The third-order valence-electron chi connectivity index (χ3n) is 3.47. The van der Waals surface area contributed by atoms with Gasteiger partial charge < -0.3 is 9.64 Å². The largest absolute Gasteiger partial charge is 0.462 e. The number of thiophene rings is 1. The number of nitrogens with zero attached hydrogens (tertiary/aromatic N) is 3. The first-order chi connectivity index (χ1) is 11.2. The molecule has 3 aromatic rings. The molecule has 0 atom stereocenters. The van der Waals surface area contributed by atoms with Crippen molar-refractivity contribution in [2.24, 2.45) is 0 Å². The van der Waals surface area contributed by atoms with E-state index in [-0.39, 0.29) is 5.97 Å². The molecule has 2 heterocycles. The lowest BCUT2D eigenvalue weighted by molar-refractivity contribution is 0.0529. The van der Waals surface area contributed by atoms with Crippen LogP contribution in [0.25, 0.3) is 10.2 Å². The van der Waals surface area contributed by atoms with Crippen molar-refractivity contribution >= 4 is 33.3 Å². The maximum atomic E-state index is 12.2. The Labute approximate surface area is 138 Å². The molecule has 0 bridgehead atoms. The highest BCUT2D eigenvalue weighted by Gasteiger charge is 2.20. The van der Waals surface area contributed by atoms with Gasteiger partial charge in [0.05, 0.1) is 17.6 Å². The minimum atomic E-state index is -0.331. The number of rotatable bonds is 5. The summed E-state index contributed by atoms with van der Waals surface area (Å²) >= 11 is 1.43. The van der Waals surface area contributed by atoms with Crippen molar-refractivity contribution in [1.29, 1.82) is 0 Å². The molecule has 0 fully saturated rings. The Bertz CT molecular complexity index is 817. The molecule has 0 amide bonds. The van der Waals surface area contributed by atoms with Gasteiger partial charge in [0.1, 0.15) is 17.0 Å². The number of esters is 1. The quantitative estimate of drug-likeness (QED) is 0.671. The van der Waals surface area contributed by atoms with Crippen molar-refractivity contribution in [3.63, 3.8) is 0 Å². The Kier molecular flexibility index (Phi) is 4.52. The van der Waals surface area contributed by atoms with Crippen LogP contribution < -0.4 is 4.90 Å². The van der Waals surface area contributed by atoms with Crippen molar-refractivity contribution in [3.05, 3.63) is 53.2 Å². The molecule has 23 heavy (non-hydrogen) atoms. The normalized spacial score (nSPS) is 10.7. The molecule has 0 radical (unpaired) electrons. The lowest BCUT2D eigenvalue weighted by Gasteiger charge is -2.19. The highest BCUT2D eigenvalue weighted by molar-refractivity contribution is 7.17. The van der Waals surface area contributed by atoms with E-state index >= 15 is 0 Å². The molecule has 0 N–H and O–H groups in total. The third-order valence-corrected chi connectivity index (χ3v) is 4.36. The number of carbonyl (C=O) groups excluding carboxylic acids is 1. The van der Waals surface area contributed by atoms with Crippen LogP contribution in [-0.2, 0) is 11.3 Å².